The number of unbranched alkanes of at least 4 members (excludes halogenated alkanes) is 47. The number of phosphoric ester groups is 1. The largest absolute Gasteiger partial charge is 0.472 e. The number of carbonyl (C=O) groups is 2. The lowest BCUT2D eigenvalue weighted by molar-refractivity contribution is -0.870. The van der Waals surface area contributed by atoms with E-state index in [-0.39, 0.29) is 25.1 Å². The van der Waals surface area contributed by atoms with E-state index in [9.17, 15) is 19.0 Å². The van der Waals surface area contributed by atoms with Crippen molar-refractivity contribution in [2.24, 2.45) is 0 Å². The number of esters is 1. The Morgan fingerprint density at radius 2 is 0.725 bits per heavy atom. The van der Waals surface area contributed by atoms with Crippen LogP contribution in [0.25, 0.3) is 0 Å². The van der Waals surface area contributed by atoms with E-state index in [0.717, 1.165) is 77.0 Å². The second-order valence-corrected chi connectivity index (χ2v) is 26.9. The molecular formula is C70H138N2O7P+. The number of ether oxygens (including phenoxy) is 1. The van der Waals surface area contributed by atoms with E-state index in [1.165, 1.54) is 250 Å². The molecule has 0 aromatic carbocycles. The maximum Gasteiger partial charge on any atom is 0.472 e. The van der Waals surface area contributed by atoms with Crippen molar-refractivity contribution >= 4 is 19.7 Å². The van der Waals surface area contributed by atoms with Gasteiger partial charge in [0.05, 0.1) is 33.8 Å². The van der Waals surface area contributed by atoms with Gasteiger partial charge < -0.3 is 19.4 Å². The zero-order chi connectivity index (χ0) is 58.6. The summed E-state index contributed by atoms with van der Waals surface area (Å²) in [5, 5.41) is 3.07. The maximum atomic E-state index is 13.6. The summed E-state index contributed by atoms with van der Waals surface area (Å²) in [5.74, 6) is -0.493. The number of nitrogens with zero attached hydrogens (tertiary/aromatic N) is 1. The van der Waals surface area contributed by atoms with Crippen LogP contribution in [0.1, 0.15) is 361 Å². The third kappa shape index (κ3) is 61.1. The zero-order valence-electron chi connectivity index (χ0n) is 54.4. The molecule has 0 spiro atoms. The van der Waals surface area contributed by atoms with Crippen molar-refractivity contribution in [1.29, 1.82) is 0 Å². The third-order valence-electron chi connectivity index (χ3n) is 16.1. The molecule has 1 amide bonds. The Balaban J connectivity index is 5.05. The lowest BCUT2D eigenvalue weighted by atomic mass is 10.0. The fraction of sp³-hybridized carbons (Fsp3) is 0.914. The minimum absolute atomic E-state index is 0.0424. The molecule has 0 fully saturated rings. The summed E-state index contributed by atoms with van der Waals surface area (Å²) in [7, 11) is 1.51. The number of likely N-dealkylation sites (N-methyl/N-ethyl adjacent to an activating group) is 1. The standard InChI is InChI=1S/C70H137N2O7P/c1-7-10-13-16-19-22-25-28-30-32-33-34-35-36-37-38-39-40-42-45-48-51-54-57-60-63-70(74)79-68(61-58-55-52-49-46-43-27-24-21-18-15-12-9-3)67(66-78-80(75,76)77-65-64-72(4,5)6)71-69(73)62-59-56-53-50-47-44-41-31-29-26-23-20-17-14-11-8-2/h31,41,58,61,67-68H,7-30,32-40,42-57,59-60,62-66H2,1-6H3,(H-,71,73,75,76)/p+1/b41-31+,61-58-. The van der Waals surface area contributed by atoms with E-state index in [2.05, 4.69) is 38.2 Å². The van der Waals surface area contributed by atoms with Gasteiger partial charge in [-0.2, -0.15) is 0 Å². The smallest absolute Gasteiger partial charge is 0.456 e. The van der Waals surface area contributed by atoms with Crippen LogP contribution in [0.3, 0.4) is 0 Å². The first kappa shape index (κ1) is 78.5. The third-order valence-corrected chi connectivity index (χ3v) is 17.1. The maximum absolute atomic E-state index is 13.6. The molecule has 80 heavy (non-hydrogen) atoms. The molecule has 0 saturated carbocycles. The molecule has 0 aliphatic rings. The molecule has 2 N–H and O–H groups in total. The predicted octanol–water partition coefficient (Wildman–Crippen LogP) is 22.1. The molecule has 474 valence electrons. The highest BCUT2D eigenvalue weighted by atomic mass is 31.2. The minimum atomic E-state index is -4.45. The van der Waals surface area contributed by atoms with E-state index in [4.69, 9.17) is 13.8 Å². The number of quaternary nitrogens is 1. The van der Waals surface area contributed by atoms with Crippen molar-refractivity contribution in [2.75, 3.05) is 40.9 Å². The van der Waals surface area contributed by atoms with Gasteiger partial charge in [0, 0.05) is 12.8 Å². The molecule has 0 aromatic heterocycles. The summed E-state index contributed by atoms with van der Waals surface area (Å²) >= 11 is 0. The molecule has 0 bridgehead atoms. The molecule has 0 heterocycles. The van der Waals surface area contributed by atoms with Crippen molar-refractivity contribution in [3.05, 3.63) is 24.3 Å². The number of hydrogen-bond donors (Lipinski definition) is 2. The van der Waals surface area contributed by atoms with E-state index >= 15 is 0 Å². The molecule has 9 nitrogen and oxygen atoms in total. The normalized spacial score (nSPS) is 13.6. The highest BCUT2D eigenvalue weighted by Gasteiger charge is 2.30. The molecule has 0 saturated heterocycles. The van der Waals surface area contributed by atoms with Crippen molar-refractivity contribution in [1.82, 2.24) is 5.32 Å². The van der Waals surface area contributed by atoms with Gasteiger partial charge in [0.2, 0.25) is 5.91 Å². The van der Waals surface area contributed by atoms with Gasteiger partial charge in [-0.1, -0.05) is 315 Å². The van der Waals surface area contributed by atoms with Crippen molar-refractivity contribution in [3.8, 4) is 0 Å². The van der Waals surface area contributed by atoms with Crippen LogP contribution in [0.2, 0.25) is 0 Å². The second kappa shape index (κ2) is 60.6. The molecule has 0 rings (SSSR count). The van der Waals surface area contributed by atoms with Gasteiger partial charge in [-0.15, -0.1) is 0 Å². The SMILES string of the molecule is CCCCCCCCC/C=C/CCCCCCCC(=O)NC(COP(=O)(O)OCC[N+](C)(C)C)C(/C=C\CCCCCCCCCCCCC)OC(=O)CCCCCCCCCCCCCCCCCCCCCCCCCCC. The number of allylic oxidation sites excluding steroid dienone is 3. The second-order valence-electron chi connectivity index (χ2n) is 25.4. The summed E-state index contributed by atoms with van der Waals surface area (Å²) in [6.07, 6.45) is 73.3. The van der Waals surface area contributed by atoms with Gasteiger partial charge in [-0.25, -0.2) is 4.57 Å². The molecule has 0 radical (unpaired) electrons. The Bertz CT molecular complexity index is 1420. The van der Waals surface area contributed by atoms with E-state index in [1.54, 1.807) is 0 Å². The Morgan fingerprint density at radius 3 is 1.06 bits per heavy atom. The molecule has 3 unspecified atom stereocenters. The van der Waals surface area contributed by atoms with Gasteiger partial charge in [0.25, 0.3) is 0 Å². The summed E-state index contributed by atoms with van der Waals surface area (Å²) in [6, 6.07) is -0.848. The van der Waals surface area contributed by atoms with E-state index < -0.39 is 20.0 Å². The van der Waals surface area contributed by atoms with Crippen LogP contribution in [0, 0.1) is 0 Å². The van der Waals surface area contributed by atoms with Crippen molar-refractivity contribution < 1.29 is 37.3 Å². The predicted molar refractivity (Wildman–Crippen MR) is 346 cm³/mol. The first-order valence-corrected chi connectivity index (χ1v) is 36.7. The monoisotopic (exact) mass is 1150 g/mol. The van der Waals surface area contributed by atoms with Crippen LogP contribution >= 0.6 is 7.82 Å². The number of amides is 1. The fourth-order valence-electron chi connectivity index (χ4n) is 10.7. The van der Waals surface area contributed by atoms with Crippen LogP contribution in [0.5, 0.6) is 0 Å². The van der Waals surface area contributed by atoms with Crippen LogP contribution < -0.4 is 5.32 Å². The van der Waals surface area contributed by atoms with Crippen molar-refractivity contribution in [3.63, 3.8) is 0 Å². The number of carbonyl (C=O) groups excluding carboxylic acids is 2. The molecule has 0 aliphatic heterocycles. The van der Waals surface area contributed by atoms with Crippen molar-refractivity contribution in [2.45, 2.75) is 373 Å². The van der Waals surface area contributed by atoms with Crippen LogP contribution in [0.15, 0.2) is 24.3 Å². The Hall–Kier alpha value is -1.51. The number of rotatable bonds is 65. The summed E-state index contributed by atoms with van der Waals surface area (Å²) in [6.45, 7) is 7.07. The Kier molecular flexibility index (Phi) is 59.5. The lowest BCUT2D eigenvalue weighted by Gasteiger charge is -2.27. The first-order valence-electron chi connectivity index (χ1n) is 35.2. The molecule has 0 aliphatic carbocycles. The zero-order valence-corrected chi connectivity index (χ0v) is 55.2. The molecule has 0 aromatic rings. The van der Waals surface area contributed by atoms with Gasteiger partial charge in [-0.3, -0.25) is 18.6 Å². The van der Waals surface area contributed by atoms with Crippen LogP contribution in [-0.4, -0.2) is 74.3 Å². The molecular weight excluding hydrogens is 1010 g/mol. The Labute approximate surface area is 498 Å². The highest BCUT2D eigenvalue weighted by Crippen LogP contribution is 2.43. The minimum Gasteiger partial charge on any atom is -0.456 e. The van der Waals surface area contributed by atoms with Crippen LogP contribution in [-0.2, 0) is 27.9 Å². The number of hydrogen-bond acceptors (Lipinski definition) is 6. The van der Waals surface area contributed by atoms with Gasteiger partial charge in [0.15, 0.2) is 0 Å². The van der Waals surface area contributed by atoms with Gasteiger partial charge in [-0.05, 0) is 57.4 Å². The fourth-order valence-corrected chi connectivity index (χ4v) is 11.4. The highest BCUT2D eigenvalue weighted by molar-refractivity contribution is 7.47. The summed E-state index contributed by atoms with van der Waals surface area (Å²) in [4.78, 5) is 37.8. The van der Waals surface area contributed by atoms with Gasteiger partial charge in [0.1, 0.15) is 19.3 Å². The van der Waals surface area contributed by atoms with E-state index in [1.807, 2.05) is 33.3 Å². The van der Waals surface area contributed by atoms with Gasteiger partial charge >= 0.3 is 13.8 Å². The summed E-state index contributed by atoms with van der Waals surface area (Å²) in [5.41, 5.74) is 0. The average Bonchev–Trinajstić information content (AvgIpc) is 3.42. The number of nitrogens with one attached hydrogen (secondary N) is 1. The van der Waals surface area contributed by atoms with E-state index in [0.29, 0.717) is 23.9 Å². The Morgan fingerprint density at radius 1 is 0.425 bits per heavy atom. The first-order chi connectivity index (χ1) is 38.9. The lowest BCUT2D eigenvalue weighted by Crippen LogP contribution is -2.47. The molecule has 10 heteroatoms. The number of phosphoric acid groups is 1. The van der Waals surface area contributed by atoms with Crippen LogP contribution in [0.4, 0.5) is 0 Å². The quantitative estimate of drug-likeness (QED) is 0.0205. The topological polar surface area (TPSA) is 111 Å². The molecule has 3 atom stereocenters. The summed E-state index contributed by atoms with van der Waals surface area (Å²) < 4.78 is 30.8. The average molecular weight is 1150 g/mol.